The van der Waals surface area contributed by atoms with E-state index in [0.29, 0.717) is 6.42 Å². The first-order chi connectivity index (χ1) is 12.5. The molecule has 1 amide bonds. The Bertz CT molecular complexity index is 777. The van der Waals surface area contributed by atoms with Crippen LogP contribution in [0.3, 0.4) is 0 Å². The summed E-state index contributed by atoms with van der Waals surface area (Å²) < 4.78 is 17.5. The lowest BCUT2D eigenvalue weighted by atomic mass is 10.1. The average molecular weight is 375 g/mol. The molecular formula is C19H22NO5P. The van der Waals surface area contributed by atoms with Gasteiger partial charge in [0.05, 0.1) is 12.8 Å². The Morgan fingerprint density at radius 3 is 2.15 bits per heavy atom. The molecule has 0 spiro atoms. The van der Waals surface area contributed by atoms with Crippen LogP contribution in [0.25, 0.3) is 0 Å². The van der Waals surface area contributed by atoms with Gasteiger partial charge in [-0.25, -0.2) is 4.79 Å². The number of benzene rings is 2. The van der Waals surface area contributed by atoms with E-state index in [1.165, 1.54) is 0 Å². The highest BCUT2D eigenvalue weighted by Crippen LogP contribution is 2.43. The van der Waals surface area contributed by atoms with Crippen molar-refractivity contribution in [2.75, 3.05) is 12.8 Å². The number of hydrogen-bond acceptors (Lipinski definition) is 4. The quantitative estimate of drug-likeness (QED) is 0.543. The molecule has 0 saturated heterocycles. The summed E-state index contributed by atoms with van der Waals surface area (Å²) in [5.74, 6) is 0. The summed E-state index contributed by atoms with van der Waals surface area (Å²) in [6, 6.07) is 18.5. The maximum absolute atomic E-state index is 12.4. The van der Waals surface area contributed by atoms with Crippen molar-refractivity contribution in [3.8, 4) is 0 Å². The lowest BCUT2D eigenvalue weighted by Gasteiger charge is -2.13. The molecule has 7 heteroatoms. The van der Waals surface area contributed by atoms with Gasteiger partial charge in [0, 0.05) is 0 Å². The van der Waals surface area contributed by atoms with E-state index in [1.807, 2.05) is 48.5 Å². The van der Waals surface area contributed by atoms with E-state index in [1.54, 1.807) is 12.1 Å². The third-order valence-corrected chi connectivity index (χ3v) is 5.65. The number of ether oxygens (including phenoxy) is 1. The van der Waals surface area contributed by atoms with Gasteiger partial charge in [0.2, 0.25) is 7.37 Å². The maximum Gasteiger partial charge on any atom is 0.434 e. The summed E-state index contributed by atoms with van der Waals surface area (Å²) >= 11 is 0. The zero-order chi connectivity index (χ0) is 18.8. The first-order valence-electron chi connectivity index (χ1n) is 8.26. The molecule has 0 heterocycles. The first kappa shape index (κ1) is 20.0. The van der Waals surface area contributed by atoms with Gasteiger partial charge in [-0.15, -0.1) is 0 Å². The zero-order valence-electron chi connectivity index (χ0n) is 14.3. The van der Waals surface area contributed by atoms with Crippen molar-refractivity contribution in [2.24, 2.45) is 4.99 Å². The number of nitrogens with zero attached hydrogens (tertiary/aromatic N) is 1. The van der Waals surface area contributed by atoms with Crippen LogP contribution in [0, 0.1) is 0 Å². The largest absolute Gasteiger partial charge is 0.443 e. The summed E-state index contributed by atoms with van der Waals surface area (Å²) in [7, 11) is -3.89. The lowest BCUT2D eigenvalue weighted by molar-refractivity contribution is 0.151. The topological polar surface area (TPSA) is 96.2 Å². The molecule has 2 N–H and O–H groups in total. The van der Waals surface area contributed by atoms with Gasteiger partial charge >= 0.3 is 6.09 Å². The minimum Gasteiger partial charge on any atom is -0.443 e. The van der Waals surface area contributed by atoms with Crippen LogP contribution in [0.2, 0.25) is 0 Å². The molecule has 0 bridgehead atoms. The van der Waals surface area contributed by atoms with E-state index in [0.717, 1.165) is 11.1 Å². The molecule has 0 radical (unpaired) electrons. The van der Waals surface area contributed by atoms with Gasteiger partial charge in [-0.1, -0.05) is 60.7 Å². The normalized spacial score (nSPS) is 13.8. The monoisotopic (exact) mass is 375 g/mol. The number of carbonyl (C=O) groups is 1. The van der Waals surface area contributed by atoms with Crippen LogP contribution < -0.4 is 0 Å². The molecule has 0 saturated carbocycles. The third-order valence-electron chi connectivity index (χ3n) is 3.71. The summed E-state index contributed by atoms with van der Waals surface area (Å²) in [5.41, 5.74) is 1.62. The fourth-order valence-electron chi connectivity index (χ4n) is 2.33. The second-order valence-corrected chi connectivity index (χ2v) is 8.07. The standard InChI is InChI=1S/C19H22NO5P/c21-13-14-26(23,24)18(12-11-16-7-3-1-4-8-16)20-19(22)25-15-17-9-5-2-6-10-17/h1-10,21H,11-15H2,(H,23,24). The van der Waals surface area contributed by atoms with E-state index in [-0.39, 0.29) is 24.6 Å². The molecule has 26 heavy (non-hydrogen) atoms. The minimum atomic E-state index is -3.89. The van der Waals surface area contributed by atoms with Crippen molar-refractivity contribution in [3.05, 3.63) is 71.8 Å². The number of amides is 1. The number of aryl methyl sites for hydroxylation is 1. The van der Waals surface area contributed by atoms with Crippen LogP contribution in [0.15, 0.2) is 65.7 Å². The molecular weight excluding hydrogens is 353 g/mol. The second-order valence-electron chi connectivity index (χ2n) is 5.70. The number of carbonyl (C=O) groups excluding carboxylic acids is 1. The number of aliphatic hydroxyl groups excluding tert-OH is 1. The van der Waals surface area contributed by atoms with Crippen LogP contribution in [-0.4, -0.2) is 34.3 Å². The Kier molecular flexibility index (Phi) is 7.73. The Labute approximate surface area is 152 Å². The Morgan fingerprint density at radius 2 is 1.58 bits per heavy atom. The molecule has 0 aliphatic rings. The molecule has 2 aromatic rings. The predicted molar refractivity (Wildman–Crippen MR) is 101 cm³/mol. The molecule has 1 atom stereocenters. The molecule has 2 rings (SSSR count). The Morgan fingerprint density at radius 1 is 1.00 bits per heavy atom. The number of aliphatic imine (C=N–C) groups is 1. The van der Waals surface area contributed by atoms with Crippen LogP contribution in [-0.2, 0) is 22.3 Å². The van der Waals surface area contributed by atoms with Gasteiger partial charge < -0.3 is 14.7 Å². The van der Waals surface area contributed by atoms with E-state index >= 15 is 0 Å². The van der Waals surface area contributed by atoms with Crippen molar-refractivity contribution in [1.29, 1.82) is 0 Å². The van der Waals surface area contributed by atoms with Crippen molar-refractivity contribution in [3.63, 3.8) is 0 Å². The summed E-state index contributed by atoms with van der Waals surface area (Å²) in [6.07, 6.45) is -0.656. The second kappa shape index (κ2) is 10.0. The van der Waals surface area contributed by atoms with Crippen LogP contribution in [0.1, 0.15) is 17.5 Å². The lowest BCUT2D eigenvalue weighted by Crippen LogP contribution is -2.11. The number of hydrogen-bond donors (Lipinski definition) is 2. The van der Waals surface area contributed by atoms with Gasteiger partial charge in [0.15, 0.2) is 0 Å². The fourth-order valence-corrected chi connectivity index (χ4v) is 3.56. The summed E-state index contributed by atoms with van der Waals surface area (Å²) in [5, 5.41) is 9.02. The Balaban J connectivity index is 2.07. The minimum absolute atomic E-state index is 0.0326. The van der Waals surface area contributed by atoms with E-state index < -0.39 is 20.1 Å². The molecule has 0 fully saturated rings. The highest BCUT2D eigenvalue weighted by atomic mass is 31.2. The van der Waals surface area contributed by atoms with Crippen molar-refractivity contribution in [2.45, 2.75) is 19.4 Å². The zero-order valence-corrected chi connectivity index (χ0v) is 15.2. The first-order valence-corrected chi connectivity index (χ1v) is 10.1. The number of aliphatic hydroxyl groups is 1. The summed E-state index contributed by atoms with van der Waals surface area (Å²) in [6.45, 7) is -0.429. The molecule has 0 aliphatic heterocycles. The average Bonchev–Trinajstić information content (AvgIpc) is 2.65. The van der Waals surface area contributed by atoms with Gasteiger partial charge in [0.1, 0.15) is 12.1 Å². The Hall–Kier alpha value is -2.27. The fraction of sp³-hybridized carbons (Fsp3) is 0.263. The number of rotatable bonds is 8. The van der Waals surface area contributed by atoms with E-state index in [2.05, 4.69) is 4.99 Å². The molecule has 2 aromatic carbocycles. The molecule has 138 valence electrons. The van der Waals surface area contributed by atoms with Gasteiger partial charge in [-0.2, -0.15) is 4.99 Å². The predicted octanol–water partition coefficient (Wildman–Crippen LogP) is 3.62. The summed E-state index contributed by atoms with van der Waals surface area (Å²) in [4.78, 5) is 25.9. The van der Waals surface area contributed by atoms with Gasteiger partial charge in [-0.3, -0.25) is 4.57 Å². The molecule has 1 unspecified atom stereocenters. The van der Waals surface area contributed by atoms with Crippen molar-refractivity contribution >= 4 is 18.9 Å². The van der Waals surface area contributed by atoms with Gasteiger partial charge in [0.25, 0.3) is 0 Å². The van der Waals surface area contributed by atoms with Gasteiger partial charge in [-0.05, 0) is 24.0 Å². The van der Waals surface area contributed by atoms with Crippen LogP contribution in [0.5, 0.6) is 0 Å². The third kappa shape index (κ3) is 6.56. The van der Waals surface area contributed by atoms with E-state index in [4.69, 9.17) is 9.84 Å². The molecule has 0 aliphatic carbocycles. The smallest absolute Gasteiger partial charge is 0.434 e. The SMILES string of the molecule is O=C(N=C(CCc1ccccc1)P(=O)(O)CCO)OCc1ccccc1. The highest BCUT2D eigenvalue weighted by molar-refractivity contribution is 7.75. The molecule has 0 aromatic heterocycles. The van der Waals surface area contributed by atoms with Crippen molar-refractivity contribution < 1.29 is 24.1 Å². The van der Waals surface area contributed by atoms with E-state index in [9.17, 15) is 14.3 Å². The molecule has 6 nitrogen and oxygen atoms in total. The van der Waals surface area contributed by atoms with Crippen LogP contribution in [0.4, 0.5) is 4.79 Å². The highest BCUT2D eigenvalue weighted by Gasteiger charge is 2.26. The van der Waals surface area contributed by atoms with Crippen molar-refractivity contribution in [1.82, 2.24) is 0 Å². The maximum atomic E-state index is 12.4. The van der Waals surface area contributed by atoms with Crippen LogP contribution >= 0.6 is 7.37 Å².